The van der Waals surface area contributed by atoms with Crippen LogP contribution in [0.25, 0.3) is 5.65 Å². The molecule has 0 spiro atoms. The predicted molar refractivity (Wildman–Crippen MR) is 74.6 cm³/mol. The molecule has 0 unspecified atom stereocenters. The molecule has 106 valence electrons. The fraction of sp³-hybridized carbons (Fsp3) is 0.500. The van der Waals surface area contributed by atoms with Crippen LogP contribution in [0.4, 0.5) is 5.82 Å². The van der Waals surface area contributed by atoms with Gasteiger partial charge in [0.25, 0.3) is 0 Å². The lowest BCUT2D eigenvalue weighted by atomic mass is 9.80. The highest BCUT2D eigenvalue weighted by Gasteiger charge is 2.35. The Morgan fingerprint density at radius 1 is 1.45 bits per heavy atom. The number of rotatable bonds is 3. The van der Waals surface area contributed by atoms with E-state index in [1.165, 1.54) is 7.11 Å². The summed E-state index contributed by atoms with van der Waals surface area (Å²) in [5, 5.41) is 7.78. The first-order chi connectivity index (χ1) is 9.60. The van der Waals surface area contributed by atoms with E-state index in [-0.39, 0.29) is 17.9 Å². The van der Waals surface area contributed by atoms with Crippen molar-refractivity contribution < 1.29 is 9.53 Å². The lowest BCUT2D eigenvalue weighted by molar-refractivity contribution is -0.148. The smallest absolute Gasteiger partial charge is 0.308 e. The summed E-state index contributed by atoms with van der Waals surface area (Å²) >= 11 is 0. The first-order valence-electron chi connectivity index (χ1n) is 6.75. The van der Waals surface area contributed by atoms with E-state index in [0.29, 0.717) is 0 Å². The molecule has 0 bridgehead atoms. The van der Waals surface area contributed by atoms with Crippen LogP contribution in [-0.2, 0) is 9.53 Å². The normalized spacial score (nSPS) is 21.6. The lowest BCUT2D eigenvalue weighted by Gasteiger charge is -2.34. The van der Waals surface area contributed by atoms with Gasteiger partial charge in [0, 0.05) is 23.4 Å². The summed E-state index contributed by atoms with van der Waals surface area (Å²) in [5.74, 6) is 0.870. The van der Waals surface area contributed by atoms with E-state index in [9.17, 15) is 4.79 Å². The van der Waals surface area contributed by atoms with Crippen molar-refractivity contribution in [1.29, 1.82) is 0 Å². The van der Waals surface area contributed by atoms with Gasteiger partial charge in [-0.3, -0.25) is 4.79 Å². The summed E-state index contributed by atoms with van der Waals surface area (Å²) in [6, 6.07) is 2.17. The zero-order valence-corrected chi connectivity index (χ0v) is 11.9. The highest BCUT2D eigenvalue weighted by Crippen LogP contribution is 2.32. The molecule has 3 rings (SSSR count). The van der Waals surface area contributed by atoms with Crippen LogP contribution in [0.3, 0.4) is 0 Å². The average molecular weight is 274 g/mol. The minimum atomic E-state index is -0.116. The molecule has 0 aliphatic heterocycles. The number of nitrogens with zero attached hydrogens (tertiary/aromatic N) is 3. The zero-order valence-electron chi connectivity index (χ0n) is 11.9. The quantitative estimate of drug-likeness (QED) is 0.863. The van der Waals surface area contributed by atoms with Crippen molar-refractivity contribution >= 4 is 17.4 Å². The first-order valence-corrected chi connectivity index (χ1v) is 6.75. The number of nitrogens with one attached hydrogen (secondary N) is 1. The minimum Gasteiger partial charge on any atom is -0.469 e. The van der Waals surface area contributed by atoms with Gasteiger partial charge in [-0.2, -0.15) is 9.61 Å². The third kappa shape index (κ3) is 2.01. The second-order valence-corrected chi connectivity index (χ2v) is 5.30. The number of methoxy groups -OCH3 is 1. The van der Waals surface area contributed by atoms with E-state index in [1.807, 2.05) is 24.4 Å². The molecule has 0 amide bonds. The Kier molecular flexibility index (Phi) is 3.08. The van der Waals surface area contributed by atoms with Crippen LogP contribution >= 0.6 is 0 Å². The maximum Gasteiger partial charge on any atom is 0.308 e. The molecule has 2 aromatic heterocycles. The van der Waals surface area contributed by atoms with Crippen molar-refractivity contribution in [3.05, 3.63) is 23.5 Å². The molecule has 0 aromatic carbocycles. The SMILES string of the molecule is COC(=O)C1CC(Nc2c(C)c(C)nc3ccnn23)C1. The van der Waals surface area contributed by atoms with Gasteiger partial charge < -0.3 is 10.1 Å². The number of ether oxygens (including phenoxy) is 1. The van der Waals surface area contributed by atoms with E-state index in [4.69, 9.17) is 4.74 Å². The molecule has 1 N–H and O–H groups in total. The van der Waals surface area contributed by atoms with Gasteiger partial charge in [0.2, 0.25) is 0 Å². The van der Waals surface area contributed by atoms with Crippen molar-refractivity contribution in [3.8, 4) is 0 Å². The number of anilines is 1. The molecular formula is C14H18N4O2. The standard InChI is InChI=1S/C14H18N4O2/c1-8-9(2)16-12-4-5-15-18(12)13(8)17-11-6-10(7-11)14(19)20-3/h4-5,10-11,17H,6-7H2,1-3H3. The number of carbonyl (C=O) groups excluding carboxylic acids is 1. The summed E-state index contributed by atoms with van der Waals surface area (Å²) in [4.78, 5) is 15.9. The maximum absolute atomic E-state index is 11.4. The van der Waals surface area contributed by atoms with Crippen LogP contribution in [0.1, 0.15) is 24.1 Å². The van der Waals surface area contributed by atoms with E-state index >= 15 is 0 Å². The Balaban J connectivity index is 1.80. The lowest BCUT2D eigenvalue weighted by Crippen LogP contribution is -2.40. The third-order valence-electron chi connectivity index (χ3n) is 4.03. The number of aromatic nitrogens is 3. The first kappa shape index (κ1) is 12.9. The summed E-state index contributed by atoms with van der Waals surface area (Å²) < 4.78 is 6.57. The van der Waals surface area contributed by atoms with Gasteiger partial charge in [0.05, 0.1) is 19.2 Å². The van der Waals surface area contributed by atoms with Crippen LogP contribution in [0.5, 0.6) is 0 Å². The summed E-state index contributed by atoms with van der Waals surface area (Å²) in [5.41, 5.74) is 2.91. The topological polar surface area (TPSA) is 68.5 Å². The van der Waals surface area contributed by atoms with Gasteiger partial charge in [-0.1, -0.05) is 0 Å². The molecule has 1 saturated carbocycles. The molecule has 2 heterocycles. The average Bonchev–Trinajstić information content (AvgIpc) is 2.84. The Morgan fingerprint density at radius 2 is 2.20 bits per heavy atom. The molecule has 1 aliphatic carbocycles. The highest BCUT2D eigenvalue weighted by molar-refractivity contribution is 5.74. The van der Waals surface area contributed by atoms with Gasteiger partial charge in [0.15, 0.2) is 5.65 Å². The second-order valence-electron chi connectivity index (χ2n) is 5.30. The molecule has 1 aliphatic rings. The van der Waals surface area contributed by atoms with Crippen molar-refractivity contribution in [2.24, 2.45) is 5.92 Å². The molecule has 0 saturated heterocycles. The van der Waals surface area contributed by atoms with Gasteiger partial charge in [-0.15, -0.1) is 0 Å². The second kappa shape index (κ2) is 4.77. The van der Waals surface area contributed by atoms with Gasteiger partial charge in [0.1, 0.15) is 5.82 Å². The Labute approximate surface area is 117 Å². The monoisotopic (exact) mass is 274 g/mol. The molecule has 0 radical (unpaired) electrons. The van der Waals surface area contributed by atoms with Gasteiger partial charge >= 0.3 is 5.97 Å². The number of esters is 1. The number of aryl methyl sites for hydroxylation is 1. The molecule has 6 nitrogen and oxygen atoms in total. The fourth-order valence-electron chi connectivity index (χ4n) is 2.60. The number of fused-ring (bicyclic) bond motifs is 1. The van der Waals surface area contributed by atoms with E-state index in [0.717, 1.165) is 35.6 Å². The van der Waals surface area contributed by atoms with Crippen LogP contribution < -0.4 is 5.32 Å². The predicted octanol–water partition coefficient (Wildman–Crippen LogP) is 1.71. The summed E-state index contributed by atoms with van der Waals surface area (Å²) in [7, 11) is 1.44. The van der Waals surface area contributed by atoms with E-state index < -0.39 is 0 Å². The molecule has 1 fully saturated rings. The summed E-state index contributed by atoms with van der Waals surface area (Å²) in [6.45, 7) is 4.02. The number of hydrogen-bond acceptors (Lipinski definition) is 5. The molecule has 2 aromatic rings. The Bertz CT molecular complexity index is 658. The fourth-order valence-corrected chi connectivity index (χ4v) is 2.60. The van der Waals surface area contributed by atoms with Crippen molar-refractivity contribution in [2.75, 3.05) is 12.4 Å². The van der Waals surface area contributed by atoms with Crippen LogP contribution in [0.2, 0.25) is 0 Å². The molecule has 0 atom stereocenters. The van der Waals surface area contributed by atoms with Crippen LogP contribution in [-0.4, -0.2) is 33.7 Å². The van der Waals surface area contributed by atoms with Crippen molar-refractivity contribution in [2.45, 2.75) is 32.7 Å². The number of hydrogen-bond donors (Lipinski definition) is 1. The highest BCUT2D eigenvalue weighted by atomic mass is 16.5. The van der Waals surface area contributed by atoms with Crippen molar-refractivity contribution in [1.82, 2.24) is 14.6 Å². The van der Waals surface area contributed by atoms with E-state index in [1.54, 1.807) is 6.20 Å². The minimum absolute atomic E-state index is 0.0221. The molecule has 6 heteroatoms. The van der Waals surface area contributed by atoms with Crippen molar-refractivity contribution in [3.63, 3.8) is 0 Å². The van der Waals surface area contributed by atoms with Gasteiger partial charge in [-0.25, -0.2) is 4.98 Å². The number of carbonyl (C=O) groups is 1. The maximum atomic E-state index is 11.4. The van der Waals surface area contributed by atoms with Crippen LogP contribution in [0.15, 0.2) is 12.3 Å². The molecule has 20 heavy (non-hydrogen) atoms. The largest absolute Gasteiger partial charge is 0.469 e. The zero-order chi connectivity index (χ0) is 14.3. The van der Waals surface area contributed by atoms with Gasteiger partial charge in [-0.05, 0) is 26.7 Å². The Morgan fingerprint density at radius 3 is 2.90 bits per heavy atom. The van der Waals surface area contributed by atoms with E-state index in [2.05, 4.69) is 15.4 Å². The van der Waals surface area contributed by atoms with Crippen LogP contribution in [0, 0.1) is 19.8 Å². The molecular weight excluding hydrogens is 256 g/mol. The summed E-state index contributed by atoms with van der Waals surface area (Å²) in [6.07, 6.45) is 3.34. The third-order valence-corrected chi connectivity index (χ3v) is 4.03. The Hall–Kier alpha value is -2.11.